The van der Waals surface area contributed by atoms with Crippen molar-refractivity contribution in [2.24, 2.45) is 0 Å². The predicted molar refractivity (Wildman–Crippen MR) is 65.5 cm³/mol. The van der Waals surface area contributed by atoms with E-state index in [9.17, 15) is 4.79 Å². The van der Waals surface area contributed by atoms with E-state index < -0.39 is 6.10 Å². The minimum atomic E-state index is -0.429. The number of carbonyl (C=O) groups excluding carboxylic acids is 1. The van der Waals surface area contributed by atoms with Crippen molar-refractivity contribution < 1.29 is 14.3 Å². The molecule has 1 aromatic carbocycles. The Morgan fingerprint density at radius 3 is 3.00 bits per heavy atom. The van der Waals surface area contributed by atoms with Gasteiger partial charge in [-0.25, -0.2) is 0 Å². The lowest BCUT2D eigenvalue weighted by atomic mass is 10.0. The molecule has 1 aliphatic rings. The monoisotopic (exact) mass is 234 g/mol. The Morgan fingerprint density at radius 1 is 1.35 bits per heavy atom. The van der Waals surface area contributed by atoms with Crippen LogP contribution in [0.5, 0.6) is 5.75 Å². The highest BCUT2D eigenvalue weighted by molar-refractivity contribution is 6.02. The van der Waals surface area contributed by atoms with Crippen molar-refractivity contribution in [2.75, 3.05) is 13.2 Å². The van der Waals surface area contributed by atoms with Crippen LogP contribution in [0.3, 0.4) is 0 Å². The molecule has 3 heteroatoms. The van der Waals surface area contributed by atoms with Crippen molar-refractivity contribution >= 4 is 5.78 Å². The highest BCUT2D eigenvalue weighted by Gasteiger charge is 2.28. The van der Waals surface area contributed by atoms with Crippen LogP contribution in [0.15, 0.2) is 24.3 Å². The molecule has 3 nitrogen and oxygen atoms in total. The lowest BCUT2D eigenvalue weighted by Gasteiger charge is -2.24. The molecule has 0 N–H and O–H groups in total. The van der Waals surface area contributed by atoms with Gasteiger partial charge in [-0.05, 0) is 18.6 Å². The highest BCUT2D eigenvalue weighted by Crippen LogP contribution is 2.25. The topological polar surface area (TPSA) is 35.5 Å². The summed E-state index contributed by atoms with van der Waals surface area (Å²) in [6.45, 7) is 3.11. The van der Waals surface area contributed by atoms with Gasteiger partial charge < -0.3 is 9.47 Å². The third-order valence-corrected chi connectivity index (χ3v) is 2.90. The van der Waals surface area contributed by atoms with Gasteiger partial charge in [0.15, 0.2) is 11.9 Å². The van der Waals surface area contributed by atoms with Crippen molar-refractivity contribution in [1.82, 2.24) is 0 Å². The van der Waals surface area contributed by atoms with E-state index in [-0.39, 0.29) is 5.78 Å². The van der Waals surface area contributed by atoms with E-state index in [4.69, 9.17) is 9.47 Å². The summed E-state index contributed by atoms with van der Waals surface area (Å²) in [5.41, 5.74) is 0.638. The van der Waals surface area contributed by atoms with Crippen LogP contribution >= 0.6 is 0 Å². The summed E-state index contributed by atoms with van der Waals surface area (Å²) in [7, 11) is 0. The second-order valence-corrected chi connectivity index (χ2v) is 4.24. The van der Waals surface area contributed by atoms with Gasteiger partial charge in [-0.3, -0.25) is 4.79 Å². The number of unbranched alkanes of at least 4 members (excludes halogenated alkanes) is 2. The normalized spacial score (nSPS) is 18.6. The first-order chi connectivity index (χ1) is 8.33. The van der Waals surface area contributed by atoms with Crippen LogP contribution in [0, 0.1) is 0 Å². The molecule has 0 aromatic heterocycles. The number of Topliss-reactive ketones (excluding diaryl/α,β-unsaturated/α-hetero) is 1. The first-order valence-corrected chi connectivity index (χ1v) is 6.20. The van der Waals surface area contributed by atoms with E-state index in [1.165, 1.54) is 0 Å². The Labute approximate surface area is 102 Å². The summed E-state index contributed by atoms with van der Waals surface area (Å²) in [6, 6.07) is 7.33. The number of para-hydroxylation sites is 1. The van der Waals surface area contributed by atoms with Gasteiger partial charge in [-0.15, -0.1) is 0 Å². The zero-order valence-electron chi connectivity index (χ0n) is 10.1. The van der Waals surface area contributed by atoms with E-state index in [2.05, 4.69) is 6.92 Å². The average molecular weight is 234 g/mol. The van der Waals surface area contributed by atoms with E-state index in [0.717, 1.165) is 19.3 Å². The van der Waals surface area contributed by atoms with Crippen LogP contribution in [0.25, 0.3) is 0 Å². The number of ketones is 1. The van der Waals surface area contributed by atoms with E-state index in [0.29, 0.717) is 24.5 Å². The quantitative estimate of drug-likeness (QED) is 0.735. The van der Waals surface area contributed by atoms with Gasteiger partial charge in [0.2, 0.25) is 0 Å². The summed E-state index contributed by atoms with van der Waals surface area (Å²) in [4.78, 5) is 12.1. The Balaban J connectivity index is 1.93. The summed E-state index contributed by atoms with van der Waals surface area (Å²) < 4.78 is 11.1. The van der Waals surface area contributed by atoms with E-state index in [1.54, 1.807) is 6.07 Å². The van der Waals surface area contributed by atoms with Crippen LogP contribution < -0.4 is 4.74 Å². The maximum Gasteiger partial charge on any atom is 0.198 e. The van der Waals surface area contributed by atoms with Crippen LogP contribution in [0.2, 0.25) is 0 Å². The van der Waals surface area contributed by atoms with Crippen LogP contribution in [-0.4, -0.2) is 25.1 Å². The van der Waals surface area contributed by atoms with Crippen LogP contribution in [0.1, 0.15) is 36.5 Å². The summed E-state index contributed by atoms with van der Waals surface area (Å²) in [5, 5.41) is 0. The molecule has 0 radical (unpaired) electrons. The van der Waals surface area contributed by atoms with E-state index >= 15 is 0 Å². The minimum Gasteiger partial charge on any atom is -0.490 e. The van der Waals surface area contributed by atoms with Gasteiger partial charge >= 0.3 is 0 Å². The van der Waals surface area contributed by atoms with Gasteiger partial charge in [-0.2, -0.15) is 0 Å². The molecular formula is C14H18O3. The third-order valence-electron chi connectivity index (χ3n) is 2.90. The molecular weight excluding hydrogens is 216 g/mol. The Hall–Kier alpha value is -1.35. The molecule has 92 valence electrons. The fourth-order valence-electron chi connectivity index (χ4n) is 1.91. The second-order valence-electron chi connectivity index (χ2n) is 4.24. The standard InChI is InChI=1S/C14H18O3/c1-2-3-6-9-16-13-10-17-12-8-5-4-7-11(12)14(13)15/h4-5,7-8,13H,2-3,6,9-10H2,1H3. The molecule has 0 saturated heterocycles. The molecule has 0 fully saturated rings. The zero-order valence-corrected chi connectivity index (χ0v) is 10.1. The molecule has 1 unspecified atom stereocenters. The Morgan fingerprint density at radius 2 is 2.18 bits per heavy atom. The van der Waals surface area contributed by atoms with Gasteiger partial charge in [0.1, 0.15) is 12.4 Å². The second kappa shape index (κ2) is 5.82. The fourth-order valence-corrected chi connectivity index (χ4v) is 1.91. The number of hydrogen-bond acceptors (Lipinski definition) is 3. The molecule has 2 rings (SSSR count). The number of benzene rings is 1. The molecule has 0 saturated carbocycles. The number of rotatable bonds is 5. The summed E-state index contributed by atoms with van der Waals surface area (Å²) >= 11 is 0. The molecule has 1 aliphatic heterocycles. The number of ether oxygens (including phenoxy) is 2. The Kier molecular flexibility index (Phi) is 4.15. The van der Waals surface area contributed by atoms with Crippen LogP contribution in [0.4, 0.5) is 0 Å². The highest BCUT2D eigenvalue weighted by atomic mass is 16.5. The molecule has 0 aliphatic carbocycles. The predicted octanol–water partition coefficient (Wildman–Crippen LogP) is 2.84. The van der Waals surface area contributed by atoms with Gasteiger partial charge in [0.05, 0.1) is 5.56 Å². The summed E-state index contributed by atoms with van der Waals surface area (Å²) in [6.07, 6.45) is 2.86. The minimum absolute atomic E-state index is 0.0448. The molecule has 1 heterocycles. The number of carbonyl (C=O) groups is 1. The van der Waals surface area contributed by atoms with E-state index in [1.807, 2.05) is 18.2 Å². The first kappa shape index (κ1) is 12.1. The maximum atomic E-state index is 12.1. The Bertz CT molecular complexity index is 387. The van der Waals surface area contributed by atoms with Gasteiger partial charge in [0.25, 0.3) is 0 Å². The maximum absolute atomic E-state index is 12.1. The average Bonchev–Trinajstić information content (AvgIpc) is 2.37. The van der Waals surface area contributed by atoms with Crippen molar-refractivity contribution in [2.45, 2.75) is 32.3 Å². The lowest BCUT2D eigenvalue weighted by molar-refractivity contribution is 0.0141. The van der Waals surface area contributed by atoms with Crippen LogP contribution in [-0.2, 0) is 4.74 Å². The first-order valence-electron chi connectivity index (χ1n) is 6.20. The SMILES string of the molecule is CCCCCOC1COc2ccccc2C1=O. The zero-order chi connectivity index (χ0) is 12.1. The largest absolute Gasteiger partial charge is 0.490 e. The molecule has 0 bridgehead atoms. The van der Waals surface area contributed by atoms with Crippen molar-refractivity contribution in [3.63, 3.8) is 0 Å². The molecule has 0 spiro atoms. The molecule has 0 amide bonds. The van der Waals surface area contributed by atoms with Crippen molar-refractivity contribution in [1.29, 1.82) is 0 Å². The van der Waals surface area contributed by atoms with Crippen molar-refractivity contribution in [3.8, 4) is 5.75 Å². The number of fused-ring (bicyclic) bond motifs is 1. The molecule has 17 heavy (non-hydrogen) atoms. The number of hydrogen-bond donors (Lipinski definition) is 0. The van der Waals surface area contributed by atoms with Gasteiger partial charge in [0, 0.05) is 6.61 Å². The molecule has 1 atom stereocenters. The smallest absolute Gasteiger partial charge is 0.198 e. The van der Waals surface area contributed by atoms with Gasteiger partial charge in [-0.1, -0.05) is 31.9 Å². The summed E-state index contributed by atoms with van der Waals surface area (Å²) in [5.74, 6) is 0.717. The molecule has 1 aromatic rings. The van der Waals surface area contributed by atoms with Crippen molar-refractivity contribution in [3.05, 3.63) is 29.8 Å². The lowest BCUT2D eigenvalue weighted by Crippen LogP contribution is -2.35. The third kappa shape index (κ3) is 2.86. The fraction of sp³-hybridized carbons (Fsp3) is 0.500.